The maximum atomic E-state index is 12.6. The van der Waals surface area contributed by atoms with Crippen LogP contribution in [-0.2, 0) is 44.7 Å². The van der Waals surface area contributed by atoms with Crippen LogP contribution in [0.25, 0.3) is 0 Å². The number of cyclic esters (lactones) is 1. The van der Waals surface area contributed by atoms with E-state index < -0.39 is 44.8 Å². The van der Waals surface area contributed by atoms with Crippen molar-refractivity contribution in [2.45, 2.75) is 19.0 Å². The molecule has 0 amide bonds. The van der Waals surface area contributed by atoms with Crippen molar-refractivity contribution in [1.29, 1.82) is 0 Å². The topological polar surface area (TPSA) is 105 Å². The number of benzene rings is 1. The maximum Gasteiger partial charge on any atom is 0.534 e. The Hall–Kier alpha value is -3.02. The van der Waals surface area contributed by atoms with Crippen molar-refractivity contribution in [3.8, 4) is 0 Å². The van der Waals surface area contributed by atoms with E-state index in [2.05, 4.69) is 13.7 Å². The van der Waals surface area contributed by atoms with E-state index in [1.807, 2.05) is 0 Å². The SMILES string of the molecule is CCOC(=O)/C=C1\OC(=O)C(OS(=O)(=O)C(F)(F)F)=C1OCc1ccccc1. The number of carbonyl (C=O) groups is 2. The van der Waals surface area contributed by atoms with Gasteiger partial charge in [0.1, 0.15) is 6.61 Å². The molecular formula is C16H13F3O8S. The molecular weight excluding hydrogens is 409 g/mol. The number of rotatable bonds is 7. The Morgan fingerprint density at radius 3 is 2.39 bits per heavy atom. The van der Waals surface area contributed by atoms with Gasteiger partial charge in [0.25, 0.3) is 5.76 Å². The molecule has 1 aromatic rings. The number of halogens is 3. The molecule has 0 N–H and O–H groups in total. The minimum atomic E-state index is -6.17. The molecule has 12 heteroatoms. The Labute approximate surface area is 157 Å². The quantitative estimate of drug-likeness (QED) is 0.285. The smallest absolute Gasteiger partial charge is 0.481 e. The van der Waals surface area contributed by atoms with Crippen LogP contribution >= 0.6 is 0 Å². The summed E-state index contributed by atoms with van der Waals surface area (Å²) in [5.41, 5.74) is -5.26. The molecule has 8 nitrogen and oxygen atoms in total. The number of carbonyl (C=O) groups excluding carboxylic acids is 2. The lowest BCUT2D eigenvalue weighted by Gasteiger charge is -2.10. The van der Waals surface area contributed by atoms with Gasteiger partial charge < -0.3 is 18.4 Å². The summed E-state index contributed by atoms with van der Waals surface area (Å²) in [4.78, 5) is 23.4. The molecule has 152 valence electrons. The van der Waals surface area contributed by atoms with Gasteiger partial charge in [0.15, 0.2) is 5.76 Å². The first-order valence-corrected chi connectivity index (χ1v) is 8.98. The molecule has 0 saturated carbocycles. The zero-order valence-corrected chi connectivity index (χ0v) is 15.0. The lowest BCUT2D eigenvalue weighted by atomic mass is 10.2. The summed E-state index contributed by atoms with van der Waals surface area (Å²) >= 11 is 0. The minimum absolute atomic E-state index is 0.0354. The highest BCUT2D eigenvalue weighted by Gasteiger charge is 2.51. The average molecular weight is 422 g/mol. The van der Waals surface area contributed by atoms with Gasteiger partial charge in [0.2, 0.25) is 5.76 Å². The first-order valence-electron chi connectivity index (χ1n) is 7.58. The van der Waals surface area contributed by atoms with Crippen LogP contribution in [0.15, 0.2) is 53.7 Å². The van der Waals surface area contributed by atoms with Crippen molar-refractivity contribution in [2.75, 3.05) is 6.61 Å². The van der Waals surface area contributed by atoms with E-state index in [4.69, 9.17) is 4.74 Å². The molecule has 1 heterocycles. The van der Waals surface area contributed by atoms with E-state index >= 15 is 0 Å². The highest BCUT2D eigenvalue weighted by Crippen LogP contribution is 2.34. The van der Waals surface area contributed by atoms with Crippen molar-refractivity contribution in [1.82, 2.24) is 0 Å². The normalized spacial score (nSPS) is 16.1. The molecule has 0 aliphatic carbocycles. The number of esters is 2. The second kappa shape index (κ2) is 8.33. The Morgan fingerprint density at radius 2 is 1.82 bits per heavy atom. The van der Waals surface area contributed by atoms with Gasteiger partial charge in [-0.25, -0.2) is 9.59 Å². The highest BCUT2D eigenvalue weighted by molar-refractivity contribution is 7.87. The first kappa shape index (κ1) is 21.3. The lowest BCUT2D eigenvalue weighted by Crippen LogP contribution is -2.26. The van der Waals surface area contributed by atoms with Crippen LogP contribution in [-0.4, -0.2) is 32.5 Å². The summed E-state index contributed by atoms with van der Waals surface area (Å²) in [6.07, 6.45) is 0.623. The van der Waals surface area contributed by atoms with E-state index in [1.54, 1.807) is 30.3 Å². The number of ether oxygens (including phenoxy) is 3. The monoisotopic (exact) mass is 422 g/mol. The molecule has 0 atom stereocenters. The van der Waals surface area contributed by atoms with Crippen LogP contribution < -0.4 is 0 Å². The molecule has 1 aromatic carbocycles. The Balaban J connectivity index is 2.41. The van der Waals surface area contributed by atoms with Gasteiger partial charge in [-0.3, -0.25) is 0 Å². The predicted molar refractivity (Wildman–Crippen MR) is 85.1 cm³/mol. The van der Waals surface area contributed by atoms with Crippen LogP contribution in [0.3, 0.4) is 0 Å². The van der Waals surface area contributed by atoms with Crippen molar-refractivity contribution < 1.29 is 49.6 Å². The van der Waals surface area contributed by atoms with Gasteiger partial charge >= 0.3 is 27.6 Å². The number of hydrogen-bond acceptors (Lipinski definition) is 8. The second-order valence-corrected chi connectivity index (χ2v) is 6.60. The van der Waals surface area contributed by atoms with E-state index in [1.165, 1.54) is 6.92 Å². The average Bonchev–Trinajstić information content (AvgIpc) is 2.87. The second-order valence-electron chi connectivity index (χ2n) is 5.07. The maximum absolute atomic E-state index is 12.6. The van der Waals surface area contributed by atoms with Gasteiger partial charge in [0, 0.05) is 0 Å². The van der Waals surface area contributed by atoms with Crippen molar-refractivity contribution >= 4 is 22.1 Å². The van der Waals surface area contributed by atoms with E-state index in [0.29, 0.717) is 11.6 Å². The third-order valence-corrected chi connectivity index (χ3v) is 4.01. The Kier molecular flexibility index (Phi) is 6.33. The molecule has 0 spiro atoms. The van der Waals surface area contributed by atoms with Crippen LogP contribution in [0.4, 0.5) is 13.2 Å². The third kappa shape index (κ3) is 5.03. The fraction of sp³-hybridized carbons (Fsp3) is 0.250. The fourth-order valence-corrected chi connectivity index (χ4v) is 2.34. The summed E-state index contributed by atoms with van der Waals surface area (Å²) in [7, 11) is -6.17. The van der Waals surface area contributed by atoms with Crippen molar-refractivity contribution in [3.63, 3.8) is 0 Å². The lowest BCUT2D eigenvalue weighted by molar-refractivity contribution is -0.137. The first-order chi connectivity index (χ1) is 13.0. The molecule has 0 radical (unpaired) electrons. The van der Waals surface area contributed by atoms with Gasteiger partial charge in [-0.2, -0.15) is 21.6 Å². The van der Waals surface area contributed by atoms with E-state index in [0.717, 1.165) is 0 Å². The van der Waals surface area contributed by atoms with Crippen molar-refractivity contribution in [2.24, 2.45) is 0 Å². The molecule has 2 rings (SSSR count). The van der Waals surface area contributed by atoms with Gasteiger partial charge in [0.05, 0.1) is 12.7 Å². The van der Waals surface area contributed by atoms with E-state index in [9.17, 15) is 31.2 Å². The summed E-state index contributed by atoms with van der Waals surface area (Å²) < 4.78 is 78.6. The van der Waals surface area contributed by atoms with Gasteiger partial charge in [-0.05, 0) is 12.5 Å². The van der Waals surface area contributed by atoms with Crippen LogP contribution in [0, 0.1) is 0 Å². The van der Waals surface area contributed by atoms with Crippen LogP contribution in [0.1, 0.15) is 12.5 Å². The minimum Gasteiger partial charge on any atom is -0.481 e. The summed E-state index contributed by atoms with van der Waals surface area (Å²) in [5, 5.41) is 0. The van der Waals surface area contributed by atoms with Crippen molar-refractivity contribution in [3.05, 3.63) is 59.2 Å². The summed E-state index contributed by atoms with van der Waals surface area (Å²) in [6, 6.07) is 8.18. The van der Waals surface area contributed by atoms with Crippen LogP contribution in [0.2, 0.25) is 0 Å². The molecule has 0 fully saturated rings. The molecule has 0 unspecified atom stereocenters. The fourth-order valence-electron chi connectivity index (χ4n) is 1.88. The summed E-state index contributed by atoms with van der Waals surface area (Å²) in [6.45, 7) is 1.17. The highest BCUT2D eigenvalue weighted by atomic mass is 32.2. The molecule has 28 heavy (non-hydrogen) atoms. The largest absolute Gasteiger partial charge is 0.534 e. The van der Waals surface area contributed by atoms with Crippen LogP contribution in [0.5, 0.6) is 0 Å². The molecule has 1 aliphatic rings. The third-order valence-electron chi connectivity index (χ3n) is 3.06. The standard InChI is InChI=1S/C16H13F3O8S/c1-2-24-12(20)8-11-13(25-9-10-6-4-3-5-7-10)14(15(21)26-11)27-28(22,23)16(17,18)19/h3-8H,2,9H2,1H3/b11-8-. The Bertz CT molecular complexity index is 917. The molecule has 0 bridgehead atoms. The Morgan fingerprint density at radius 1 is 1.18 bits per heavy atom. The molecule has 1 aliphatic heterocycles. The number of alkyl halides is 3. The predicted octanol–water partition coefficient (Wildman–Crippen LogP) is 2.28. The zero-order valence-electron chi connectivity index (χ0n) is 14.2. The molecule has 0 aromatic heterocycles. The number of hydrogen-bond donors (Lipinski definition) is 0. The summed E-state index contributed by atoms with van der Waals surface area (Å²) in [5.74, 6) is -5.36. The van der Waals surface area contributed by atoms with E-state index in [-0.39, 0.29) is 13.2 Å². The zero-order chi connectivity index (χ0) is 20.9. The van der Waals surface area contributed by atoms with Gasteiger partial charge in [-0.1, -0.05) is 30.3 Å². The molecule has 0 saturated heterocycles. The van der Waals surface area contributed by atoms with Gasteiger partial charge in [-0.15, -0.1) is 0 Å².